The number of carbonyl (C=O) groups excluding carboxylic acids is 1. The van der Waals surface area contributed by atoms with Crippen LogP contribution >= 0.6 is 11.6 Å². The predicted molar refractivity (Wildman–Crippen MR) is 129 cm³/mol. The molecule has 1 amide bonds. The fourth-order valence-corrected chi connectivity index (χ4v) is 3.48. The molecule has 0 saturated heterocycles. The molecular formula is C26H22ClNO5. The van der Waals surface area contributed by atoms with Crippen LogP contribution in [0.4, 0.5) is 5.69 Å². The molecule has 1 atom stereocenters. The highest BCUT2D eigenvalue weighted by Gasteiger charge is 2.23. The first-order valence-corrected chi connectivity index (χ1v) is 10.9. The lowest BCUT2D eigenvalue weighted by Gasteiger charge is -2.17. The van der Waals surface area contributed by atoms with Gasteiger partial charge in [0.2, 0.25) is 11.2 Å². The second-order valence-electron chi connectivity index (χ2n) is 7.30. The highest BCUT2D eigenvalue weighted by molar-refractivity contribution is 6.31. The molecule has 3 aromatic carbocycles. The fraction of sp³-hybridized carbons (Fsp3) is 0.154. The summed E-state index contributed by atoms with van der Waals surface area (Å²) in [5.74, 6) is 0.491. The number of hydrogen-bond acceptors (Lipinski definition) is 5. The van der Waals surface area contributed by atoms with Crippen LogP contribution in [0.2, 0.25) is 5.02 Å². The zero-order valence-corrected chi connectivity index (χ0v) is 18.9. The molecule has 1 aromatic heterocycles. The van der Waals surface area contributed by atoms with Crippen molar-refractivity contribution in [3.8, 4) is 22.8 Å². The number of rotatable bonds is 7. The molecule has 0 aliphatic carbocycles. The number of carbonyl (C=O) groups is 1. The quantitative estimate of drug-likeness (QED) is 0.368. The summed E-state index contributed by atoms with van der Waals surface area (Å²) >= 11 is 6.08. The van der Waals surface area contributed by atoms with Crippen molar-refractivity contribution in [3.05, 3.63) is 88.0 Å². The van der Waals surface area contributed by atoms with Crippen molar-refractivity contribution in [1.29, 1.82) is 0 Å². The number of halogens is 1. The van der Waals surface area contributed by atoms with Gasteiger partial charge in [0.25, 0.3) is 5.91 Å². The van der Waals surface area contributed by atoms with Crippen LogP contribution in [0.15, 0.2) is 82.0 Å². The summed E-state index contributed by atoms with van der Waals surface area (Å²) in [5, 5.41) is 3.46. The van der Waals surface area contributed by atoms with Gasteiger partial charge in [-0.3, -0.25) is 9.59 Å². The average molecular weight is 464 g/mol. The molecule has 168 valence electrons. The van der Waals surface area contributed by atoms with E-state index in [2.05, 4.69) is 5.32 Å². The summed E-state index contributed by atoms with van der Waals surface area (Å²) in [5.41, 5.74) is 1.21. The van der Waals surface area contributed by atoms with Crippen LogP contribution in [0, 0.1) is 0 Å². The minimum Gasteiger partial charge on any atom is -0.494 e. The van der Waals surface area contributed by atoms with E-state index in [0.717, 1.165) is 0 Å². The maximum atomic E-state index is 13.3. The largest absolute Gasteiger partial charge is 0.494 e. The zero-order valence-electron chi connectivity index (χ0n) is 18.1. The summed E-state index contributed by atoms with van der Waals surface area (Å²) in [6.45, 7) is 4.02. The molecule has 1 heterocycles. The normalized spacial score (nSPS) is 11.7. The molecule has 4 rings (SSSR count). The molecule has 0 bridgehead atoms. The molecule has 1 N–H and O–H groups in total. The van der Waals surface area contributed by atoms with Crippen LogP contribution in [0.5, 0.6) is 11.5 Å². The molecule has 1 unspecified atom stereocenters. The van der Waals surface area contributed by atoms with E-state index >= 15 is 0 Å². The number of hydrogen-bond donors (Lipinski definition) is 1. The Morgan fingerprint density at radius 3 is 2.48 bits per heavy atom. The van der Waals surface area contributed by atoms with E-state index in [4.69, 9.17) is 25.5 Å². The molecule has 0 aliphatic rings. The molecule has 0 fully saturated rings. The Bertz CT molecular complexity index is 1330. The highest BCUT2D eigenvalue weighted by atomic mass is 35.5. The molecular weight excluding hydrogens is 442 g/mol. The second kappa shape index (κ2) is 9.79. The van der Waals surface area contributed by atoms with Gasteiger partial charge in [0, 0.05) is 16.3 Å². The van der Waals surface area contributed by atoms with E-state index in [9.17, 15) is 9.59 Å². The molecule has 0 spiro atoms. The maximum Gasteiger partial charge on any atom is 0.265 e. The zero-order chi connectivity index (χ0) is 23.4. The minimum atomic E-state index is -0.974. The van der Waals surface area contributed by atoms with Crippen LogP contribution < -0.4 is 20.2 Å². The lowest BCUT2D eigenvalue weighted by molar-refractivity contribution is -0.122. The number of nitrogens with one attached hydrogen (secondary N) is 1. The topological polar surface area (TPSA) is 77.8 Å². The van der Waals surface area contributed by atoms with Crippen LogP contribution in [0.25, 0.3) is 22.3 Å². The van der Waals surface area contributed by atoms with Gasteiger partial charge >= 0.3 is 0 Å². The smallest absolute Gasteiger partial charge is 0.265 e. The van der Waals surface area contributed by atoms with E-state index < -0.39 is 17.4 Å². The van der Waals surface area contributed by atoms with Crippen LogP contribution in [0.3, 0.4) is 0 Å². The first-order chi connectivity index (χ1) is 16.0. The van der Waals surface area contributed by atoms with Crippen molar-refractivity contribution < 1.29 is 18.7 Å². The summed E-state index contributed by atoms with van der Waals surface area (Å²) < 4.78 is 17.3. The molecule has 0 radical (unpaired) electrons. The highest BCUT2D eigenvalue weighted by Crippen LogP contribution is 2.32. The molecule has 6 nitrogen and oxygen atoms in total. The van der Waals surface area contributed by atoms with Crippen molar-refractivity contribution in [2.24, 2.45) is 0 Å². The van der Waals surface area contributed by atoms with E-state index in [1.807, 2.05) is 25.1 Å². The maximum absolute atomic E-state index is 13.3. The van der Waals surface area contributed by atoms with E-state index in [-0.39, 0.29) is 16.9 Å². The van der Waals surface area contributed by atoms with E-state index in [1.165, 1.54) is 6.07 Å². The second-order valence-corrected chi connectivity index (χ2v) is 7.74. The number of anilines is 1. The standard InChI is InChI=1S/C26H22ClNO5/c1-3-31-20-12-10-19(11-13-20)28-26(30)16(2)32-25-23(29)21-15-18(27)9-14-22(21)33-24(25)17-7-5-4-6-8-17/h4-16H,3H2,1-2H3,(H,28,30). The monoisotopic (exact) mass is 463 g/mol. The van der Waals surface area contributed by atoms with Gasteiger partial charge in [-0.1, -0.05) is 41.9 Å². The third kappa shape index (κ3) is 5.02. The summed E-state index contributed by atoms with van der Waals surface area (Å²) in [7, 11) is 0. The van der Waals surface area contributed by atoms with Crippen LogP contribution in [-0.2, 0) is 4.79 Å². The summed E-state index contributed by atoms with van der Waals surface area (Å²) in [6, 6.07) is 20.9. The van der Waals surface area contributed by atoms with Gasteiger partial charge in [-0.25, -0.2) is 0 Å². The first-order valence-electron chi connectivity index (χ1n) is 10.5. The Labute approximate surface area is 195 Å². The number of ether oxygens (including phenoxy) is 2. The lowest BCUT2D eigenvalue weighted by atomic mass is 10.1. The Kier molecular flexibility index (Phi) is 6.66. The van der Waals surface area contributed by atoms with Gasteiger partial charge in [-0.15, -0.1) is 0 Å². The number of fused-ring (bicyclic) bond motifs is 1. The van der Waals surface area contributed by atoms with Crippen molar-refractivity contribution >= 4 is 34.2 Å². The van der Waals surface area contributed by atoms with E-state index in [1.54, 1.807) is 55.5 Å². The predicted octanol–water partition coefficient (Wildman–Crippen LogP) is 5.92. The fourth-order valence-electron chi connectivity index (χ4n) is 3.31. The third-order valence-corrected chi connectivity index (χ3v) is 5.18. The van der Waals surface area contributed by atoms with Crippen LogP contribution in [0.1, 0.15) is 13.8 Å². The van der Waals surface area contributed by atoms with Gasteiger partial charge in [-0.05, 0) is 56.3 Å². The SMILES string of the molecule is CCOc1ccc(NC(=O)C(C)Oc2c(-c3ccccc3)oc3ccc(Cl)cc3c2=O)cc1. The van der Waals surface area contributed by atoms with Crippen LogP contribution in [-0.4, -0.2) is 18.6 Å². The van der Waals surface area contributed by atoms with E-state index in [0.29, 0.717) is 34.2 Å². The van der Waals surface area contributed by atoms with Crippen molar-refractivity contribution in [2.75, 3.05) is 11.9 Å². The molecule has 7 heteroatoms. The average Bonchev–Trinajstić information content (AvgIpc) is 2.83. The van der Waals surface area contributed by atoms with Crippen molar-refractivity contribution in [2.45, 2.75) is 20.0 Å². The van der Waals surface area contributed by atoms with Gasteiger partial charge in [0.05, 0.1) is 12.0 Å². The van der Waals surface area contributed by atoms with Gasteiger partial charge in [-0.2, -0.15) is 0 Å². The molecule has 0 saturated carbocycles. The Morgan fingerprint density at radius 1 is 1.06 bits per heavy atom. The minimum absolute atomic E-state index is 0.0506. The number of benzene rings is 3. The van der Waals surface area contributed by atoms with Crippen molar-refractivity contribution in [3.63, 3.8) is 0 Å². The van der Waals surface area contributed by atoms with Crippen molar-refractivity contribution in [1.82, 2.24) is 0 Å². The molecule has 4 aromatic rings. The molecule has 33 heavy (non-hydrogen) atoms. The summed E-state index contributed by atoms with van der Waals surface area (Å²) in [6.07, 6.45) is -0.974. The van der Waals surface area contributed by atoms with Gasteiger partial charge in [0.1, 0.15) is 11.3 Å². The number of amides is 1. The van der Waals surface area contributed by atoms with Gasteiger partial charge < -0.3 is 19.2 Å². The Hall–Kier alpha value is -3.77. The summed E-state index contributed by atoms with van der Waals surface area (Å²) in [4.78, 5) is 26.1. The lowest BCUT2D eigenvalue weighted by Crippen LogP contribution is -2.31. The van der Waals surface area contributed by atoms with Gasteiger partial charge in [0.15, 0.2) is 11.9 Å². The third-order valence-electron chi connectivity index (χ3n) is 4.94. The molecule has 0 aliphatic heterocycles. The first kappa shape index (κ1) is 22.4. The Balaban J connectivity index is 1.65. The Morgan fingerprint density at radius 2 is 1.79 bits per heavy atom.